The first-order valence-corrected chi connectivity index (χ1v) is 11.9. The van der Waals surface area contributed by atoms with Crippen LogP contribution in [0.2, 0.25) is 0 Å². The summed E-state index contributed by atoms with van der Waals surface area (Å²) >= 11 is 0. The Kier molecular flexibility index (Phi) is 6.34. The van der Waals surface area contributed by atoms with Gasteiger partial charge in [0.2, 0.25) is 0 Å². The van der Waals surface area contributed by atoms with E-state index in [0.29, 0.717) is 17.1 Å². The third kappa shape index (κ3) is 4.21. The largest absolute Gasteiger partial charge is 0.496 e. The summed E-state index contributed by atoms with van der Waals surface area (Å²) < 4.78 is 32.6. The molecule has 0 radical (unpaired) electrons. The second kappa shape index (κ2) is 9.43. The molecule has 0 aliphatic heterocycles. The van der Waals surface area contributed by atoms with Crippen LogP contribution in [-0.4, -0.2) is 40.1 Å². The molecule has 0 amide bonds. The molecule has 2 heterocycles. The number of rotatable bonds is 6. The van der Waals surface area contributed by atoms with E-state index in [1.165, 1.54) is 25.3 Å². The first-order chi connectivity index (χ1) is 16.9. The smallest absolute Gasteiger partial charge is 0.143 e. The molecule has 1 aliphatic rings. The molecule has 1 aliphatic carbocycles. The molecule has 2 aromatic carbocycles. The molecule has 4 aromatic rings. The van der Waals surface area contributed by atoms with Crippen LogP contribution in [0.3, 0.4) is 0 Å². The van der Waals surface area contributed by atoms with Crippen LogP contribution in [0.5, 0.6) is 5.75 Å². The van der Waals surface area contributed by atoms with Crippen molar-refractivity contribution in [3.8, 4) is 16.9 Å². The van der Waals surface area contributed by atoms with E-state index < -0.39 is 11.9 Å². The Morgan fingerprint density at radius 2 is 1.86 bits per heavy atom. The van der Waals surface area contributed by atoms with Crippen molar-refractivity contribution in [1.29, 1.82) is 0 Å². The van der Waals surface area contributed by atoms with Gasteiger partial charge >= 0.3 is 0 Å². The van der Waals surface area contributed by atoms with E-state index in [1.807, 2.05) is 32.0 Å². The number of nitrogens with zero attached hydrogens (tertiary/aromatic N) is 3. The van der Waals surface area contributed by atoms with Gasteiger partial charge in [0.15, 0.2) is 0 Å². The minimum atomic E-state index is -1.16. The van der Waals surface area contributed by atoms with Crippen LogP contribution in [0.15, 0.2) is 40.9 Å². The molecule has 1 N–H and O–H groups in total. The molecule has 35 heavy (non-hydrogen) atoms. The highest BCUT2D eigenvalue weighted by molar-refractivity contribution is 5.84. The zero-order chi connectivity index (χ0) is 24.7. The van der Waals surface area contributed by atoms with Gasteiger partial charge < -0.3 is 23.7 Å². The van der Waals surface area contributed by atoms with Gasteiger partial charge in [0, 0.05) is 24.3 Å². The van der Waals surface area contributed by atoms with Crippen molar-refractivity contribution in [3.05, 3.63) is 65.1 Å². The van der Waals surface area contributed by atoms with Gasteiger partial charge in [-0.2, -0.15) is 0 Å². The summed E-state index contributed by atoms with van der Waals surface area (Å²) in [5, 5.41) is 15.6. The number of aromatic nitrogens is 3. The first kappa shape index (κ1) is 23.5. The molecule has 5 rings (SSSR count). The molecule has 0 saturated heterocycles. The molecular formula is C27H30FN3O4. The van der Waals surface area contributed by atoms with Crippen LogP contribution in [-0.2, 0) is 4.74 Å². The summed E-state index contributed by atoms with van der Waals surface area (Å²) in [5.41, 5.74) is 4.72. The van der Waals surface area contributed by atoms with Crippen molar-refractivity contribution in [3.63, 3.8) is 0 Å². The second-order valence-electron chi connectivity index (χ2n) is 9.20. The average Bonchev–Trinajstić information content (AvgIpc) is 3.42. The number of imidazole rings is 1. The lowest BCUT2D eigenvalue weighted by atomic mass is 9.92. The molecule has 1 fully saturated rings. The number of ether oxygens (including phenoxy) is 2. The average molecular weight is 480 g/mol. The summed E-state index contributed by atoms with van der Waals surface area (Å²) in [6, 6.07) is 10.4. The number of benzene rings is 2. The number of hydrogen-bond donors (Lipinski definition) is 1. The lowest BCUT2D eigenvalue weighted by molar-refractivity contribution is 0.0576. The topological polar surface area (TPSA) is 82.5 Å². The van der Waals surface area contributed by atoms with Gasteiger partial charge in [-0.05, 0) is 75.4 Å². The van der Waals surface area contributed by atoms with Crippen molar-refractivity contribution < 1.29 is 23.5 Å². The maximum Gasteiger partial charge on any atom is 0.143 e. The van der Waals surface area contributed by atoms with Gasteiger partial charge in [0.05, 0.1) is 29.9 Å². The molecule has 1 atom stereocenters. The highest BCUT2D eigenvalue weighted by Gasteiger charge is 2.30. The van der Waals surface area contributed by atoms with Crippen LogP contribution in [0.1, 0.15) is 60.7 Å². The Labute approximate surface area is 203 Å². The fourth-order valence-corrected chi connectivity index (χ4v) is 5.34. The Bertz CT molecular complexity index is 1330. The highest BCUT2D eigenvalue weighted by Crippen LogP contribution is 2.39. The van der Waals surface area contributed by atoms with Gasteiger partial charge in [-0.25, -0.2) is 9.37 Å². The number of fused-ring (bicyclic) bond motifs is 1. The molecule has 0 bridgehead atoms. The molecular weight excluding hydrogens is 449 g/mol. The summed E-state index contributed by atoms with van der Waals surface area (Å²) in [4.78, 5) is 4.89. The Morgan fingerprint density at radius 3 is 2.51 bits per heavy atom. The van der Waals surface area contributed by atoms with Gasteiger partial charge in [-0.3, -0.25) is 0 Å². The van der Waals surface area contributed by atoms with E-state index in [-0.39, 0.29) is 12.1 Å². The van der Waals surface area contributed by atoms with Crippen LogP contribution in [0.4, 0.5) is 4.39 Å². The number of aliphatic hydroxyl groups is 1. The van der Waals surface area contributed by atoms with E-state index in [1.54, 1.807) is 7.11 Å². The summed E-state index contributed by atoms with van der Waals surface area (Å²) in [7, 11) is 3.26. The van der Waals surface area contributed by atoms with E-state index >= 15 is 0 Å². The Hall–Kier alpha value is -3.23. The maximum atomic E-state index is 14.2. The van der Waals surface area contributed by atoms with Crippen LogP contribution < -0.4 is 4.74 Å². The number of aryl methyl sites for hydroxylation is 2. The first-order valence-electron chi connectivity index (χ1n) is 11.9. The maximum absolute atomic E-state index is 14.2. The predicted molar refractivity (Wildman–Crippen MR) is 130 cm³/mol. The standard InChI is InChI=1S/C27H30FN3O4/c1-15-25(16(2)35-30-15)17-5-11-23-22(13-17)29-27(31(23)19-7-9-20(33-3)10-8-19)26(32)21-14-18(28)6-12-24(21)34-4/h5-6,11-14,19-20,26,32H,7-10H2,1-4H3. The lowest BCUT2D eigenvalue weighted by Gasteiger charge is -2.30. The van der Waals surface area contributed by atoms with Crippen LogP contribution in [0, 0.1) is 19.7 Å². The summed E-state index contributed by atoms with van der Waals surface area (Å²) in [6.07, 6.45) is 2.73. The lowest BCUT2D eigenvalue weighted by Crippen LogP contribution is -2.24. The Balaban J connectivity index is 1.66. The van der Waals surface area contributed by atoms with Crippen molar-refractivity contribution >= 4 is 11.0 Å². The van der Waals surface area contributed by atoms with Gasteiger partial charge in [-0.15, -0.1) is 0 Å². The van der Waals surface area contributed by atoms with Crippen molar-refractivity contribution in [1.82, 2.24) is 14.7 Å². The summed E-state index contributed by atoms with van der Waals surface area (Å²) in [6.45, 7) is 3.80. The quantitative estimate of drug-likeness (QED) is 0.384. The van der Waals surface area contributed by atoms with E-state index in [9.17, 15) is 9.50 Å². The van der Waals surface area contributed by atoms with Crippen molar-refractivity contribution in [2.75, 3.05) is 14.2 Å². The third-order valence-electron chi connectivity index (χ3n) is 7.11. The minimum absolute atomic E-state index is 0.139. The predicted octanol–water partition coefficient (Wildman–Crippen LogP) is 5.67. The minimum Gasteiger partial charge on any atom is -0.496 e. The van der Waals surface area contributed by atoms with Crippen LogP contribution in [0.25, 0.3) is 22.2 Å². The van der Waals surface area contributed by atoms with Crippen LogP contribution >= 0.6 is 0 Å². The SMILES string of the molecule is COc1ccc(F)cc1C(O)c1nc2cc(-c3c(C)noc3C)ccc2n1C1CCC(OC)CC1. The molecule has 7 nitrogen and oxygen atoms in total. The second-order valence-corrected chi connectivity index (χ2v) is 9.20. The van der Waals surface area contributed by atoms with Crippen molar-refractivity contribution in [2.45, 2.75) is 57.8 Å². The number of methoxy groups -OCH3 is 2. The fourth-order valence-electron chi connectivity index (χ4n) is 5.34. The zero-order valence-electron chi connectivity index (χ0n) is 20.4. The molecule has 8 heteroatoms. The number of aliphatic hydroxyl groups excluding tert-OH is 1. The summed E-state index contributed by atoms with van der Waals surface area (Å²) in [5.74, 6) is 1.19. The van der Waals surface area contributed by atoms with Gasteiger partial charge in [0.1, 0.15) is 29.3 Å². The monoisotopic (exact) mass is 479 g/mol. The fraction of sp³-hybridized carbons (Fsp3) is 0.407. The molecule has 0 spiro atoms. The molecule has 1 saturated carbocycles. The van der Waals surface area contributed by atoms with Gasteiger partial charge in [0.25, 0.3) is 0 Å². The molecule has 184 valence electrons. The van der Waals surface area contributed by atoms with E-state index in [0.717, 1.165) is 59.3 Å². The normalized spacial score (nSPS) is 19.3. The zero-order valence-corrected chi connectivity index (χ0v) is 20.4. The number of halogens is 1. The third-order valence-corrected chi connectivity index (χ3v) is 7.11. The molecule has 2 aromatic heterocycles. The Morgan fingerprint density at radius 1 is 1.09 bits per heavy atom. The highest BCUT2D eigenvalue weighted by atomic mass is 19.1. The van der Waals surface area contributed by atoms with Crippen molar-refractivity contribution in [2.24, 2.45) is 0 Å². The molecule has 1 unspecified atom stereocenters. The van der Waals surface area contributed by atoms with E-state index in [4.69, 9.17) is 19.0 Å². The van der Waals surface area contributed by atoms with E-state index in [2.05, 4.69) is 9.72 Å². The number of hydrogen-bond acceptors (Lipinski definition) is 6. The van der Waals surface area contributed by atoms with Gasteiger partial charge in [-0.1, -0.05) is 11.2 Å².